The molecule has 3 N–H and O–H groups in total. The Bertz CT molecular complexity index is 681. The maximum atomic E-state index is 12.0. The van der Waals surface area contributed by atoms with Crippen molar-refractivity contribution in [2.75, 3.05) is 13.7 Å². The van der Waals surface area contributed by atoms with Crippen LogP contribution in [0.1, 0.15) is 37.6 Å². The molecule has 1 unspecified atom stereocenters. The van der Waals surface area contributed by atoms with Crippen LogP contribution in [-0.2, 0) is 0 Å². The van der Waals surface area contributed by atoms with Crippen molar-refractivity contribution in [2.45, 2.75) is 39.3 Å². The summed E-state index contributed by atoms with van der Waals surface area (Å²) in [6, 6.07) is 4.99. The number of carbonyl (C=O) groups excluding carboxylic acids is 1. The van der Waals surface area contributed by atoms with E-state index in [1.165, 1.54) is 0 Å². The summed E-state index contributed by atoms with van der Waals surface area (Å²) >= 11 is 0. The molecule has 0 fully saturated rings. The van der Waals surface area contributed by atoms with E-state index in [2.05, 4.69) is 10.6 Å². The number of hydrogen-bond acceptors (Lipinski definition) is 4. The van der Waals surface area contributed by atoms with Gasteiger partial charge in [-0.05, 0) is 45.4 Å². The number of urea groups is 1. The van der Waals surface area contributed by atoms with E-state index in [9.17, 15) is 4.79 Å². The highest BCUT2D eigenvalue weighted by molar-refractivity contribution is 5.84. The number of amides is 2. The first kappa shape index (κ1) is 17.1. The summed E-state index contributed by atoms with van der Waals surface area (Å²) in [7, 11) is 1.62. The molecule has 0 aliphatic heterocycles. The monoisotopic (exact) mass is 320 g/mol. The van der Waals surface area contributed by atoms with E-state index in [1.54, 1.807) is 7.11 Å². The molecule has 1 aromatic heterocycles. The zero-order valence-electron chi connectivity index (χ0n) is 14.0. The lowest BCUT2D eigenvalue weighted by atomic mass is 10.1. The van der Waals surface area contributed by atoms with Gasteiger partial charge in [0.2, 0.25) is 0 Å². The fraction of sp³-hybridized carbons (Fsp3) is 0.471. The molecule has 0 spiro atoms. The Balaban J connectivity index is 2.13. The first-order valence-corrected chi connectivity index (χ1v) is 7.71. The number of furan rings is 1. The van der Waals surface area contributed by atoms with Crippen molar-refractivity contribution in [3.63, 3.8) is 0 Å². The molecular formula is C17H24N2O4. The van der Waals surface area contributed by atoms with Gasteiger partial charge in [0.1, 0.15) is 17.1 Å². The Labute approximate surface area is 135 Å². The van der Waals surface area contributed by atoms with Gasteiger partial charge in [0, 0.05) is 23.6 Å². The Morgan fingerprint density at radius 2 is 2.09 bits per heavy atom. The molecule has 1 heterocycles. The Hall–Kier alpha value is -2.21. The van der Waals surface area contributed by atoms with Crippen LogP contribution in [0.2, 0.25) is 0 Å². The van der Waals surface area contributed by atoms with E-state index >= 15 is 0 Å². The first-order valence-electron chi connectivity index (χ1n) is 7.71. The number of ether oxygens (including phenoxy) is 1. The van der Waals surface area contributed by atoms with Gasteiger partial charge in [-0.25, -0.2) is 4.79 Å². The molecule has 0 aliphatic carbocycles. The number of carbonyl (C=O) groups is 1. The van der Waals surface area contributed by atoms with Gasteiger partial charge in [0.05, 0.1) is 13.2 Å². The number of aliphatic hydroxyl groups is 1. The predicted octanol–water partition coefficient (Wildman–Crippen LogP) is 2.88. The number of hydrogen-bond donors (Lipinski definition) is 3. The van der Waals surface area contributed by atoms with Crippen molar-refractivity contribution in [1.82, 2.24) is 10.6 Å². The number of nitrogens with one attached hydrogen (secondary N) is 2. The van der Waals surface area contributed by atoms with E-state index < -0.39 is 0 Å². The van der Waals surface area contributed by atoms with Crippen molar-refractivity contribution in [1.29, 1.82) is 0 Å². The number of rotatable bonds is 6. The number of methoxy groups -OCH3 is 1. The van der Waals surface area contributed by atoms with Crippen LogP contribution >= 0.6 is 0 Å². The molecule has 0 aliphatic rings. The van der Waals surface area contributed by atoms with Gasteiger partial charge in [-0.1, -0.05) is 0 Å². The maximum absolute atomic E-state index is 12.0. The van der Waals surface area contributed by atoms with Crippen molar-refractivity contribution in [2.24, 2.45) is 0 Å². The second kappa shape index (κ2) is 7.37. The minimum absolute atomic E-state index is 0.0432. The van der Waals surface area contributed by atoms with Crippen LogP contribution in [0.5, 0.6) is 5.75 Å². The topological polar surface area (TPSA) is 83.7 Å². The van der Waals surface area contributed by atoms with Crippen molar-refractivity contribution >= 4 is 17.0 Å². The minimum Gasteiger partial charge on any atom is -0.497 e. The highest BCUT2D eigenvalue weighted by Gasteiger charge is 2.19. The smallest absolute Gasteiger partial charge is 0.315 e. The SMILES string of the molecule is COc1ccc2oc(C(C)NC(=O)N[C@H](C)CCO)c(C)c2c1. The van der Waals surface area contributed by atoms with Gasteiger partial charge in [-0.3, -0.25) is 0 Å². The second-order valence-electron chi connectivity index (χ2n) is 5.71. The lowest BCUT2D eigenvalue weighted by Crippen LogP contribution is -2.42. The molecule has 2 atom stereocenters. The number of aryl methyl sites for hydroxylation is 1. The molecule has 6 heteroatoms. The van der Waals surface area contributed by atoms with Crippen molar-refractivity contribution in [3.8, 4) is 5.75 Å². The average molecular weight is 320 g/mol. The van der Waals surface area contributed by atoms with Crippen LogP contribution in [0.15, 0.2) is 22.6 Å². The van der Waals surface area contributed by atoms with Crippen LogP contribution in [0.4, 0.5) is 4.79 Å². The highest BCUT2D eigenvalue weighted by Crippen LogP contribution is 2.31. The van der Waals surface area contributed by atoms with E-state index in [0.717, 1.165) is 28.0 Å². The summed E-state index contributed by atoms with van der Waals surface area (Å²) < 4.78 is 11.1. The fourth-order valence-corrected chi connectivity index (χ4v) is 2.55. The molecule has 2 rings (SSSR count). The van der Waals surface area contributed by atoms with Gasteiger partial charge < -0.3 is 24.9 Å². The summed E-state index contributed by atoms with van der Waals surface area (Å²) in [6.07, 6.45) is 0.519. The second-order valence-corrected chi connectivity index (χ2v) is 5.71. The largest absolute Gasteiger partial charge is 0.497 e. The third kappa shape index (κ3) is 3.96. The predicted molar refractivity (Wildman–Crippen MR) is 88.8 cm³/mol. The summed E-state index contributed by atoms with van der Waals surface area (Å²) in [5.74, 6) is 1.49. The Kier molecular flexibility index (Phi) is 5.50. The molecule has 1 aromatic carbocycles. The molecule has 0 saturated heterocycles. The summed E-state index contributed by atoms with van der Waals surface area (Å²) in [5, 5.41) is 15.5. The zero-order chi connectivity index (χ0) is 17.0. The molecule has 0 radical (unpaired) electrons. The molecule has 6 nitrogen and oxygen atoms in total. The standard InChI is InChI=1S/C17H24N2O4/c1-10(7-8-20)18-17(21)19-12(3)16-11(2)14-9-13(22-4)5-6-15(14)23-16/h5-6,9-10,12,20H,7-8H2,1-4H3,(H2,18,19,21)/t10-,12?/m1/s1. The quantitative estimate of drug-likeness (QED) is 0.764. The van der Waals surface area contributed by atoms with E-state index in [-0.39, 0.29) is 24.7 Å². The normalized spacial score (nSPS) is 13.6. The van der Waals surface area contributed by atoms with Gasteiger partial charge >= 0.3 is 6.03 Å². The van der Waals surface area contributed by atoms with E-state index in [0.29, 0.717) is 6.42 Å². The molecule has 23 heavy (non-hydrogen) atoms. The number of benzene rings is 1. The lowest BCUT2D eigenvalue weighted by Gasteiger charge is -2.17. The molecule has 0 bridgehead atoms. The third-order valence-electron chi connectivity index (χ3n) is 3.86. The van der Waals surface area contributed by atoms with Crippen LogP contribution in [-0.4, -0.2) is 30.9 Å². The maximum Gasteiger partial charge on any atom is 0.315 e. The Morgan fingerprint density at radius 1 is 1.35 bits per heavy atom. The highest BCUT2D eigenvalue weighted by atomic mass is 16.5. The lowest BCUT2D eigenvalue weighted by molar-refractivity contribution is 0.227. The summed E-state index contributed by atoms with van der Waals surface area (Å²) in [4.78, 5) is 12.0. The van der Waals surface area contributed by atoms with Gasteiger partial charge in [-0.15, -0.1) is 0 Å². The van der Waals surface area contributed by atoms with Crippen LogP contribution < -0.4 is 15.4 Å². The van der Waals surface area contributed by atoms with E-state index in [4.69, 9.17) is 14.3 Å². The van der Waals surface area contributed by atoms with Crippen LogP contribution in [0.25, 0.3) is 11.0 Å². The van der Waals surface area contributed by atoms with E-state index in [1.807, 2.05) is 39.0 Å². The molecule has 0 saturated carbocycles. The third-order valence-corrected chi connectivity index (χ3v) is 3.86. The van der Waals surface area contributed by atoms with Crippen LogP contribution in [0.3, 0.4) is 0 Å². The first-order chi connectivity index (χ1) is 11.0. The average Bonchev–Trinajstić information content (AvgIpc) is 2.84. The number of aliphatic hydroxyl groups excluding tert-OH is 1. The molecule has 126 valence electrons. The molecule has 2 amide bonds. The minimum atomic E-state index is -0.282. The molecule has 2 aromatic rings. The zero-order valence-corrected chi connectivity index (χ0v) is 14.0. The van der Waals surface area contributed by atoms with Crippen molar-refractivity contribution < 1.29 is 19.1 Å². The Morgan fingerprint density at radius 3 is 2.74 bits per heavy atom. The summed E-state index contributed by atoms with van der Waals surface area (Å²) in [6.45, 7) is 5.73. The van der Waals surface area contributed by atoms with Gasteiger partial charge in [0.25, 0.3) is 0 Å². The van der Waals surface area contributed by atoms with Crippen molar-refractivity contribution in [3.05, 3.63) is 29.5 Å². The summed E-state index contributed by atoms with van der Waals surface area (Å²) in [5.41, 5.74) is 1.75. The fourth-order valence-electron chi connectivity index (χ4n) is 2.55. The van der Waals surface area contributed by atoms with Crippen LogP contribution in [0, 0.1) is 6.92 Å². The number of fused-ring (bicyclic) bond motifs is 1. The van der Waals surface area contributed by atoms with Gasteiger partial charge in [0.15, 0.2) is 0 Å². The molecular weight excluding hydrogens is 296 g/mol. The van der Waals surface area contributed by atoms with Gasteiger partial charge in [-0.2, -0.15) is 0 Å².